The molecule has 0 aliphatic rings. The van der Waals surface area contributed by atoms with Crippen LogP contribution in [0.25, 0.3) is 0 Å². The molecule has 0 atom stereocenters. The lowest BCUT2D eigenvalue weighted by molar-refractivity contribution is -0.387. The monoisotopic (exact) mass is 301 g/mol. The minimum absolute atomic E-state index is 0.397. The number of rotatable bonds is 5. The maximum absolute atomic E-state index is 13.7. The topological polar surface area (TPSA) is 92.6 Å². The second kappa shape index (κ2) is 6.73. The Labute approximate surface area is 118 Å². The summed E-state index contributed by atoms with van der Waals surface area (Å²) < 4.78 is 27.2. The van der Waals surface area contributed by atoms with Crippen LogP contribution in [0, 0.1) is 21.7 Å². The molecule has 114 valence electrons. The highest BCUT2D eigenvalue weighted by Crippen LogP contribution is 2.22. The van der Waals surface area contributed by atoms with Crippen LogP contribution in [0.3, 0.4) is 0 Å². The van der Waals surface area contributed by atoms with Crippen LogP contribution < -0.4 is 5.32 Å². The van der Waals surface area contributed by atoms with Crippen LogP contribution in [-0.4, -0.2) is 41.8 Å². The summed E-state index contributed by atoms with van der Waals surface area (Å²) >= 11 is 0. The van der Waals surface area contributed by atoms with Crippen molar-refractivity contribution in [3.8, 4) is 0 Å². The van der Waals surface area contributed by atoms with Gasteiger partial charge in [0.2, 0.25) is 11.7 Å². The summed E-state index contributed by atoms with van der Waals surface area (Å²) in [5, 5.41) is 12.6. The van der Waals surface area contributed by atoms with Crippen molar-refractivity contribution >= 4 is 17.5 Å². The van der Waals surface area contributed by atoms with Crippen LogP contribution in [0.5, 0.6) is 0 Å². The van der Waals surface area contributed by atoms with E-state index in [1.54, 1.807) is 6.92 Å². The molecule has 1 aromatic carbocycles. The molecule has 0 bridgehead atoms. The zero-order valence-corrected chi connectivity index (χ0v) is 11.4. The van der Waals surface area contributed by atoms with Crippen LogP contribution in [0.15, 0.2) is 12.1 Å². The molecule has 0 heterocycles. The summed E-state index contributed by atoms with van der Waals surface area (Å²) in [7, 11) is 1.49. The number of benzene rings is 1. The van der Waals surface area contributed by atoms with E-state index < -0.39 is 46.2 Å². The summed E-state index contributed by atoms with van der Waals surface area (Å²) in [6, 6.07) is 1.24. The zero-order chi connectivity index (χ0) is 16.2. The number of hydrogen-bond donors (Lipinski definition) is 1. The predicted molar refractivity (Wildman–Crippen MR) is 68.7 cm³/mol. The number of nitro groups is 1. The third kappa shape index (κ3) is 3.71. The second-order valence-electron chi connectivity index (χ2n) is 4.10. The lowest BCUT2D eigenvalue weighted by atomic mass is 10.1. The van der Waals surface area contributed by atoms with E-state index in [4.69, 9.17) is 0 Å². The molecule has 0 saturated heterocycles. The van der Waals surface area contributed by atoms with Gasteiger partial charge in [-0.3, -0.25) is 19.7 Å². The van der Waals surface area contributed by atoms with Gasteiger partial charge in [-0.15, -0.1) is 0 Å². The molecule has 9 heteroatoms. The molecule has 0 spiro atoms. The maximum atomic E-state index is 13.7. The summed E-state index contributed by atoms with van der Waals surface area (Å²) in [5.41, 5.74) is -2.10. The number of carbonyl (C=O) groups excluding carboxylic acids is 2. The van der Waals surface area contributed by atoms with E-state index in [9.17, 15) is 28.5 Å². The molecule has 1 aromatic rings. The molecular formula is C12H13F2N3O4. The fourth-order valence-corrected chi connectivity index (χ4v) is 1.45. The molecule has 7 nitrogen and oxygen atoms in total. The molecule has 1 N–H and O–H groups in total. The summed E-state index contributed by atoms with van der Waals surface area (Å²) in [6.07, 6.45) is 0. The van der Waals surface area contributed by atoms with Crippen molar-refractivity contribution in [3.63, 3.8) is 0 Å². The van der Waals surface area contributed by atoms with Crippen molar-refractivity contribution in [2.45, 2.75) is 6.92 Å². The average Bonchev–Trinajstić information content (AvgIpc) is 2.43. The minimum Gasteiger partial charge on any atom is -0.345 e. The Hall–Kier alpha value is -2.58. The Balaban J connectivity index is 2.95. The van der Waals surface area contributed by atoms with Gasteiger partial charge in [-0.1, -0.05) is 0 Å². The van der Waals surface area contributed by atoms with Crippen LogP contribution in [-0.2, 0) is 4.79 Å². The van der Waals surface area contributed by atoms with Crippen molar-refractivity contribution in [1.82, 2.24) is 10.2 Å². The normalized spacial score (nSPS) is 10.1. The first kappa shape index (κ1) is 16.5. The Kier molecular flexibility index (Phi) is 5.28. The number of likely N-dealkylation sites (N-methyl/N-ethyl adjacent to an activating group) is 1. The van der Waals surface area contributed by atoms with E-state index in [2.05, 4.69) is 0 Å². The molecule has 0 aliphatic heterocycles. The quantitative estimate of drug-likeness (QED) is 0.650. The van der Waals surface area contributed by atoms with Gasteiger partial charge in [0.15, 0.2) is 0 Å². The lowest BCUT2D eigenvalue weighted by Crippen LogP contribution is -2.38. The van der Waals surface area contributed by atoms with Crippen LogP contribution in [0.2, 0.25) is 0 Å². The van der Waals surface area contributed by atoms with E-state index in [1.807, 2.05) is 5.32 Å². The highest BCUT2D eigenvalue weighted by Gasteiger charge is 2.26. The highest BCUT2D eigenvalue weighted by molar-refractivity contribution is 5.97. The van der Waals surface area contributed by atoms with E-state index in [0.717, 1.165) is 0 Å². The van der Waals surface area contributed by atoms with Crippen molar-refractivity contribution in [1.29, 1.82) is 0 Å². The number of amides is 2. The molecule has 21 heavy (non-hydrogen) atoms. The van der Waals surface area contributed by atoms with Gasteiger partial charge in [0.1, 0.15) is 11.4 Å². The third-order valence-corrected chi connectivity index (χ3v) is 2.79. The largest absolute Gasteiger partial charge is 0.345 e. The van der Waals surface area contributed by atoms with Crippen LogP contribution in [0.1, 0.15) is 17.3 Å². The first-order valence-corrected chi connectivity index (χ1v) is 5.94. The smallest absolute Gasteiger partial charge is 0.305 e. The minimum atomic E-state index is -1.58. The van der Waals surface area contributed by atoms with E-state index in [-0.39, 0.29) is 0 Å². The van der Waals surface area contributed by atoms with Gasteiger partial charge in [-0.2, -0.15) is 4.39 Å². The summed E-state index contributed by atoms with van der Waals surface area (Å²) in [4.78, 5) is 33.9. The van der Waals surface area contributed by atoms with E-state index in [1.165, 1.54) is 11.9 Å². The fraction of sp³-hybridized carbons (Fsp3) is 0.333. The highest BCUT2D eigenvalue weighted by atomic mass is 19.1. The van der Waals surface area contributed by atoms with Gasteiger partial charge in [-0.25, -0.2) is 4.39 Å². The Bertz CT molecular complexity index is 592. The Morgan fingerprint density at radius 1 is 1.38 bits per heavy atom. The van der Waals surface area contributed by atoms with Gasteiger partial charge in [0.25, 0.3) is 5.91 Å². The third-order valence-electron chi connectivity index (χ3n) is 2.79. The molecule has 0 radical (unpaired) electrons. The fourth-order valence-electron chi connectivity index (χ4n) is 1.45. The van der Waals surface area contributed by atoms with Crippen LogP contribution >= 0.6 is 0 Å². The predicted octanol–water partition coefficient (Wildman–Crippen LogP) is 1.08. The van der Waals surface area contributed by atoms with Gasteiger partial charge in [-0.05, 0) is 13.0 Å². The lowest BCUT2D eigenvalue weighted by Gasteiger charge is -2.14. The Morgan fingerprint density at radius 2 is 2.00 bits per heavy atom. The summed E-state index contributed by atoms with van der Waals surface area (Å²) in [5.74, 6) is -4.51. The van der Waals surface area contributed by atoms with Crippen LogP contribution in [0.4, 0.5) is 14.5 Å². The molecule has 2 amide bonds. The molecule has 0 saturated carbocycles. The molecule has 0 unspecified atom stereocenters. The first-order chi connectivity index (χ1) is 9.79. The van der Waals surface area contributed by atoms with Crippen molar-refractivity contribution in [2.75, 3.05) is 20.1 Å². The van der Waals surface area contributed by atoms with Gasteiger partial charge >= 0.3 is 5.69 Å². The van der Waals surface area contributed by atoms with Crippen molar-refractivity contribution < 1.29 is 23.3 Å². The number of nitrogens with zero attached hydrogens (tertiary/aromatic N) is 2. The van der Waals surface area contributed by atoms with Gasteiger partial charge in [0.05, 0.1) is 11.5 Å². The maximum Gasteiger partial charge on any atom is 0.305 e. The number of hydrogen-bond acceptors (Lipinski definition) is 4. The van der Waals surface area contributed by atoms with Gasteiger partial charge in [0, 0.05) is 19.7 Å². The van der Waals surface area contributed by atoms with E-state index in [0.29, 0.717) is 18.7 Å². The molecular weight excluding hydrogens is 288 g/mol. The van der Waals surface area contributed by atoms with Crippen molar-refractivity contribution in [3.05, 3.63) is 39.4 Å². The second-order valence-corrected chi connectivity index (χ2v) is 4.10. The molecule has 0 aliphatic carbocycles. The van der Waals surface area contributed by atoms with E-state index >= 15 is 0 Å². The molecule has 0 aromatic heterocycles. The number of halogens is 2. The SMILES string of the molecule is CCN(C)C(=O)CNC(=O)c1c(F)ccc([N+](=O)[O-])c1F. The number of nitro benzene ring substituents is 1. The molecule has 1 rings (SSSR count). The zero-order valence-electron chi connectivity index (χ0n) is 11.4. The first-order valence-electron chi connectivity index (χ1n) is 5.94. The van der Waals surface area contributed by atoms with Crippen molar-refractivity contribution in [2.24, 2.45) is 0 Å². The Morgan fingerprint density at radius 3 is 2.52 bits per heavy atom. The standard InChI is InChI=1S/C12H13F2N3O4/c1-3-16(2)9(18)6-15-12(19)10-7(13)4-5-8(11(10)14)17(20)21/h4-5H,3,6H2,1-2H3,(H,15,19). The summed E-state index contributed by atoms with van der Waals surface area (Å²) in [6.45, 7) is 1.64. The number of nitrogens with one attached hydrogen (secondary N) is 1. The average molecular weight is 301 g/mol. The number of carbonyl (C=O) groups is 2. The molecule has 0 fully saturated rings. The van der Waals surface area contributed by atoms with Gasteiger partial charge < -0.3 is 10.2 Å².